The monoisotopic (exact) mass is 298 g/mol. The fourth-order valence-electron chi connectivity index (χ4n) is 2.12. The van der Waals surface area contributed by atoms with Crippen LogP contribution in [-0.2, 0) is 17.8 Å². The zero-order valence-electron chi connectivity index (χ0n) is 13.0. The third-order valence-electron chi connectivity index (χ3n) is 3.32. The molecule has 0 aromatic heterocycles. The molecule has 0 fully saturated rings. The third kappa shape index (κ3) is 4.05. The van der Waals surface area contributed by atoms with Crippen molar-refractivity contribution in [3.05, 3.63) is 47.5 Å². The molecule has 0 aliphatic heterocycles. The van der Waals surface area contributed by atoms with Gasteiger partial charge >= 0.3 is 0 Å². The predicted octanol–water partition coefficient (Wildman–Crippen LogP) is 4.37. The van der Waals surface area contributed by atoms with E-state index in [-0.39, 0.29) is 0 Å². The van der Waals surface area contributed by atoms with Crippen molar-refractivity contribution in [3.8, 4) is 0 Å². The molecular weight excluding hydrogens is 276 g/mol. The van der Waals surface area contributed by atoms with Crippen molar-refractivity contribution < 1.29 is 4.74 Å². The summed E-state index contributed by atoms with van der Waals surface area (Å²) in [5.74, 6) is 0. The van der Waals surface area contributed by atoms with Crippen LogP contribution < -0.4 is 11.5 Å². The van der Waals surface area contributed by atoms with Crippen LogP contribution in [0.25, 0.3) is 0 Å². The highest BCUT2D eigenvalue weighted by atomic mass is 16.5. The molecule has 2 rings (SSSR count). The molecule has 116 valence electrons. The van der Waals surface area contributed by atoms with Crippen molar-refractivity contribution >= 4 is 22.7 Å². The molecule has 2 aromatic rings. The molecule has 0 amide bonds. The molecule has 0 spiro atoms. The summed E-state index contributed by atoms with van der Waals surface area (Å²) in [5, 5.41) is 8.72. The van der Waals surface area contributed by atoms with E-state index in [1.54, 1.807) is 0 Å². The maximum absolute atomic E-state index is 5.83. The zero-order valence-corrected chi connectivity index (χ0v) is 13.0. The average Bonchev–Trinajstić information content (AvgIpc) is 2.52. The van der Waals surface area contributed by atoms with Crippen molar-refractivity contribution in [2.75, 3.05) is 18.1 Å². The lowest BCUT2D eigenvalue weighted by Crippen LogP contribution is -1.94. The number of nitrogens with two attached hydrogens (primary N) is 2. The van der Waals surface area contributed by atoms with Gasteiger partial charge < -0.3 is 16.2 Å². The molecule has 0 saturated heterocycles. The first-order valence-electron chi connectivity index (χ1n) is 7.40. The van der Waals surface area contributed by atoms with Gasteiger partial charge in [-0.3, -0.25) is 0 Å². The Hall–Kier alpha value is -2.40. The fourth-order valence-corrected chi connectivity index (χ4v) is 2.12. The van der Waals surface area contributed by atoms with E-state index in [1.807, 2.05) is 43.3 Å². The number of hydrogen-bond acceptors (Lipinski definition) is 5. The summed E-state index contributed by atoms with van der Waals surface area (Å²) in [4.78, 5) is 0. The van der Waals surface area contributed by atoms with Gasteiger partial charge in [0.15, 0.2) is 0 Å². The van der Waals surface area contributed by atoms with Crippen LogP contribution in [0.1, 0.15) is 25.0 Å². The highest BCUT2D eigenvalue weighted by Crippen LogP contribution is 2.28. The molecule has 0 unspecified atom stereocenters. The first-order chi connectivity index (χ1) is 10.6. The number of nitrogen functional groups attached to an aromatic ring is 2. The normalized spacial score (nSPS) is 11.2. The number of nitrogens with zero attached hydrogens (tertiary/aromatic N) is 2. The highest BCUT2D eigenvalue weighted by molar-refractivity contribution is 5.57. The van der Waals surface area contributed by atoms with Crippen molar-refractivity contribution in [3.63, 3.8) is 0 Å². The second-order valence-corrected chi connectivity index (χ2v) is 4.97. The number of aryl methyl sites for hydroxylation is 1. The van der Waals surface area contributed by atoms with Crippen LogP contribution in [0, 0.1) is 0 Å². The highest BCUT2D eigenvalue weighted by Gasteiger charge is 2.04. The SMILES string of the molecule is CCOCc1cc(N)ccc1N=Nc1ccc(N)cc1CC. The molecule has 0 aliphatic carbocycles. The van der Waals surface area contributed by atoms with Crippen LogP contribution in [0.5, 0.6) is 0 Å². The standard InChI is InChI=1S/C17H22N4O/c1-3-12-9-14(18)5-7-16(12)20-21-17-8-6-15(19)10-13(17)11-22-4-2/h5-10H,3-4,11,18-19H2,1-2H3. The van der Waals surface area contributed by atoms with Gasteiger partial charge in [0.2, 0.25) is 0 Å². The van der Waals surface area contributed by atoms with Gasteiger partial charge in [-0.15, -0.1) is 0 Å². The largest absolute Gasteiger partial charge is 0.399 e. The Balaban J connectivity index is 2.30. The lowest BCUT2D eigenvalue weighted by molar-refractivity contribution is 0.134. The van der Waals surface area contributed by atoms with Crippen LogP contribution in [0.3, 0.4) is 0 Å². The van der Waals surface area contributed by atoms with Gasteiger partial charge in [0.05, 0.1) is 18.0 Å². The maximum Gasteiger partial charge on any atom is 0.0913 e. The summed E-state index contributed by atoms with van der Waals surface area (Å²) < 4.78 is 5.45. The smallest absolute Gasteiger partial charge is 0.0913 e. The van der Waals surface area contributed by atoms with E-state index in [2.05, 4.69) is 17.2 Å². The van der Waals surface area contributed by atoms with Gasteiger partial charge in [-0.05, 0) is 55.3 Å². The number of azo groups is 1. The molecule has 22 heavy (non-hydrogen) atoms. The fraction of sp³-hybridized carbons (Fsp3) is 0.294. The Kier molecular flexibility index (Phi) is 5.49. The summed E-state index contributed by atoms with van der Waals surface area (Å²) >= 11 is 0. The molecule has 2 aromatic carbocycles. The van der Waals surface area contributed by atoms with Crippen molar-refractivity contribution in [1.29, 1.82) is 0 Å². The molecule has 4 N–H and O–H groups in total. The molecule has 0 radical (unpaired) electrons. The van der Waals surface area contributed by atoms with Crippen LogP contribution in [0.2, 0.25) is 0 Å². The minimum absolute atomic E-state index is 0.471. The predicted molar refractivity (Wildman–Crippen MR) is 90.6 cm³/mol. The minimum Gasteiger partial charge on any atom is -0.399 e. The summed E-state index contributed by atoms with van der Waals surface area (Å²) in [6.07, 6.45) is 0.854. The molecule has 0 saturated carbocycles. The first kappa shape index (κ1) is 16.0. The van der Waals surface area contributed by atoms with Crippen LogP contribution in [-0.4, -0.2) is 6.61 Å². The first-order valence-corrected chi connectivity index (χ1v) is 7.40. The van der Waals surface area contributed by atoms with Gasteiger partial charge in [0, 0.05) is 23.5 Å². The molecule has 0 heterocycles. The average molecular weight is 298 g/mol. The maximum atomic E-state index is 5.83. The van der Waals surface area contributed by atoms with Crippen molar-refractivity contribution in [1.82, 2.24) is 0 Å². The summed E-state index contributed by atoms with van der Waals surface area (Å²) in [5.41, 5.74) is 16.7. The van der Waals surface area contributed by atoms with E-state index in [9.17, 15) is 0 Å². The topological polar surface area (TPSA) is 86.0 Å². The van der Waals surface area contributed by atoms with Gasteiger partial charge in [-0.25, -0.2) is 0 Å². The molecule has 5 nitrogen and oxygen atoms in total. The van der Waals surface area contributed by atoms with E-state index in [0.717, 1.165) is 34.6 Å². The van der Waals surface area contributed by atoms with Gasteiger partial charge in [0.25, 0.3) is 0 Å². The second kappa shape index (κ2) is 7.56. The molecule has 0 atom stereocenters. The lowest BCUT2D eigenvalue weighted by Gasteiger charge is -2.07. The van der Waals surface area contributed by atoms with Gasteiger partial charge in [-0.1, -0.05) is 6.92 Å². The van der Waals surface area contributed by atoms with E-state index >= 15 is 0 Å². The molecule has 0 aliphatic rings. The lowest BCUT2D eigenvalue weighted by atomic mass is 10.1. The quantitative estimate of drug-likeness (QED) is 0.613. The van der Waals surface area contributed by atoms with E-state index in [0.29, 0.717) is 18.9 Å². The number of hydrogen-bond donors (Lipinski definition) is 2. The molecular formula is C17H22N4O. The Labute approximate surface area is 131 Å². The van der Waals surface area contributed by atoms with Crippen LogP contribution in [0.4, 0.5) is 22.7 Å². The van der Waals surface area contributed by atoms with Gasteiger partial charge in [0.1, 0.15) is 0 Å². The Morgan fingerprint density at radius 1 is 0.864 bits per heavy atom. The summed E-state index contributed by atoms with van der Waals surface area (Å²) in [7, 11) is 0. The third-order valence-corrected chi connectivity index (χ3v) is 3.32. The van der Waals surface area contributed by atoms with Crippen molar-refractivity contribution in [2.45, 2.75) is 26.9 Å². The number of ether oxygens (including phenoxy) is 1. The minimum atomic E-state index is 0.471. The Morgan fingerprint density at radius 3 is 1.95 bits per heavy atom. The van der Waals surface area contributed by atoms with E-state index in [1.165, 1.54) is 0 Å². The molecule has 0 bridgehead atoms. The van der Waals surface area contributed by atoms with Gasteiger partial charge in [-0.2, -0.15) is 10.2 Å². The number of benzene rings is 2. The zero-order chi connectivity index (χ0) is 15.9. The summed E-state index contributed by atoms with van der Waals surface area (Å²) in [6, 6.07) is 11.2. The second-order valence-electron chi connectivity index (χ2n) is 4.97. The molecule has 5 heteroatoms. The summed E-state index contributed by atoms with van der Waals surface area (Å²) in [6.45, 7) is 5.13. The van der Waals surface area contributed by atoms with Crippen LogP contribution in [0.15, 0.2) is 46.6 Å². The van der Waals surface area contributed by atoms with Crippen molar-refractivity contribution in [2.24, 2.45) is 10.2 Å². The van der Waals surface area contributed by atoms with E-state index in [4.69, 9.17) is 16.2 Å². The van der Waals surface area contributed by atoms with Crippen LogP contribution >= 0.6 is 0 Å². The van der Waals surface area contributed by atoms with E-state index < -0.39 is 0 Å². The Morgan fingerprint density at radius 2 is 1.41 bits per heavy atom. The number of anilines is 2. The number of rotatable bonds is 6. The Bertz CT molecular complexity index is 668.